The summed E-state index contributed by atoms with van der Waals surface area (Å²) in [6, 6.07) is 5.51. The predicted octanol–water partition coefficient (Wildman–Crippen LogP) is 3.16. The van der Waals surface area contributed by atoms with Crippen molar-refractivity contribution in [2.24, 2.45) is 0 Å². The topological polar surface area (TPSA) is 157 Å². The maximum atomic E-state index is 11.5. The first-order valence-corrected chi connectivity index (χ1v) is 16.9. The molecule has 0 heterocycles. The van der Waals surface area contributed by atoms with Crippen molar-refractivity contribution in [3.8, 4) is 0 Å². The van der Waals surface area contributed by atoms with Gasteiger partial charge in [-0.25, -0.2) is 4.79 Å². The molecule has 15 heteroatoms. The van der Waals surface area contributed by atoms with E-state index >= 15 is 0 Å². The van der Waals surface area contributed by atoms with E-state index in [1.807, 2.05) is 32.9 Å². The number of nitrogen functional groups attached to an aromatic ring is 1. The van der Waals surface area contributed by atoms with Crippen LogP contribution in [0.3, 0.4) is 0 Å². The van der Waals surface area contributed by atoms with Gasteiger partial charge >= 0.3 is 6.09 Å². The second kappa shape index (κ2) is 31.2. The summed E-state index contributed by atoms with van der Waals surface area (Å²) in [5, 5.41) is 3.26. The summed E-state index contributed by atoms with van der Waals surface area (Å²) in [5.74, 6) is 0. The number of nitrogens with one attached hydrogen (secondary N) is 1. The number of hydrogen-bond acceptors (Lipinski definition) is 13. The van der Waals surface area contributed by atoms with Crippen molar-refractivity contribution in [2.75, 3.05) is 144 Å². The van der Waals surface area contributed by atoms with E-state index in [9.17, 15) is 4.79 Å². The lowest BCUT2D eigenvalue weighted by Crippen LogP contribution is -2.34. The van der Waals surface area contributed by atoms with Crippen LogP contribution < -0.4 is 11.1 Å². The van der Waals surface area contributed by atoms with E-state index in [0.717, 1.165) is 12.0 Å². The van der Waals surface area contributed by atoms with Gasteiger partial charge in [-0.05, 0) is 51.0 Å². The Morgan fingerprint density at radius 3 is 1.23 bits per heavy atom. The highest BCUT2D eigenvalue weighted by Gasteiger charge is 2.15. The molecule has 14 nitrogen and oxygen atoms in total. The van der Waals surface area contributed by atoms with Crippen molar-refractivity contribution in [3.63, 3.8) is 0 Å². The second-order valence-corrected chi connectivity index (χ2v) is 11.6. The summed E-state index contributed by atoms with van der Waals surface area (Å²) in [7, 11) is 0. The number of carbonyl (C=O) groups excluding carboxylic acids is 1. The molecule has 1 aromatic rings. The van der Waals surface area contributed by atoms with Crippen LogP contribution in [0.15, 0.2) is 18.2 Å². The van der Waals surface area contributed by atoms with Gasteiger partial charge in [0.1, 0.15) is 5.60 Å². The van der Waals surface area contributed by atoms with Gasteiger partial charge in [-0.2, -0.15) is 0 Å². The molecule has 0 radical (unpaired) electrons. The second-order valence-electron chi connectivity index (χ2n) is 11.2. The molecule has 0 saturated heterocycles. The average Bonchev–Trinajstić information content (AvgIpc) is 3.02. The standard InChI is InChI=1S/C33H59ClN2O12/c1-33(2,3)48-32(37)36-5-7-39-9-11-41-13-15-43-17-19-45-21-23-47-25-24-46-22-20-44-18-16-42-14-12-40-10-8-38-6-4-29-26-30(34)28-31(35)27-29/h26-28H,4-25,35H2,1-3H3,(H,36,37). The number of benzene rings is 1. The fraction of sp³-hybridized carbons (Fsp3) is 0.788. The Hall–Kier alpha value is -1.82. The van der Waals surface area contributed by atoms with Crippen molar-refractivity contribution < 1.29 is 56.9 Å². The highest BCUT2D eigenvalue weighted by Crippen LogP contribution is 2.17. The van der Waals surface area contributed by atoms with Crippen LogP contribution >= 0.6 is 11.6 Å². The summed E-state index contributed by atoms with van der Waals surface area (Å²) >= 11 is 6.00. The van der Waals surface area contributed by atoms with Crippen LogP contribution in [-0.4, -0.2) is 150 Å². The number of nitrogens with two attached hydrogens (primary N) is 1. The zero-order valence-electron chi connectivity index (χ0n) is 29.1. The van der Waals surface area contributed by atoms with E-state index in [-0.39, 0.29) is 0 Å². The van der Waals surface area contributed by atoms with E-state index in [2.05, 4.69) is 5.32 Å². The molecule has 0 unspecified atom stereocenters. The highest BCUT2D eigenvalue weighted by molar-refractivity contribution is 6.30. The molecule has 0 aromatic heterocycles. The first-order chi connectivity index (χ1) is 23.3. The van der Waals surface area contributed by atoms with Gasteiger partial charge < -0.3 is 63.2 Å². The van der Waals surface area contributed by atoms with E-state index in [4.69, 9.17) is 69.4 Å². The first kappa shape index (κ1) is 44.2. The van der Waals surface area contributed by atoms with Crippen LogP contribution in [0.2, 0.25) is 5.02 Å². The van der Waals surface area contributed by atoms with Gasteiger partial charge in [0.25, 0.3) is 0 Å². The summed E-state index contributed by atoms with van der Waals surface area (Å²) in [6.45, 7) is 15.6. The maximum Gasteiger partial charge on any atom is 0.407 e. The number of rotatable bonds is 33. The van der Waals surface area contributed by atoms with E-state index in [1.165, 1.54) is 0 Å². The lowest BCUT2D eigenvalue weighted by atomic mass is 10.1. The van der Waals surface area contributed by atoms with E-state index in [1.54, 1.807) is 6.07 Å². The molecule has 1 aromatic carbocycles. The predicted molar refractivity (Wildman–Crippen MR) is 182 cm³/mol. The van der Waals surface area contributed by atoms with E-state index < -0.39 is 11.7 Å². The molecule has 0 aliphatic rings. The molecule has 0 atom stereocenters. The number of anilines is 1. The Kier molecular flexibility index (Phi) is 28.7. The Labute approximate surface area is 291 Å². The Morgan fingerprint density at radius 1 is 0.562 bits per heavy atom. The average molecular weight is 711 g/mol. The molecular weight excluding hydrogens is 652 g/mol. The number of ether oxygens (including phenoxy) is 11. The van der Waals surface area contributed by atoms with Gasteiger partial charge in [0.15, 0.2) is 0 Å². The first-order valence-electron chi connectivity index (χ1n) is 16.6. The smallest absolute Gasteiger partial charge is 0.407 e. The Bertz CT molecular complexity index is 874. The zero-order chi connectivity index (χ0) is 35.0. The van der Waals surface area contributed by atoms with Crippen LogP contribution in [0.25, 0.3) is 0 Å². The van der Waals surface area contributed by atoms with Crippen molar-refractivity contribution >= 4 is 23.4 Å². The maximum absolute atomic E-state index is 11.5. The van der Waals surface area contributed by atoms with Gasteiger partial charge in [0.05, 0.1) is 132 Å². The third-order valence-electron chi connectivity index (χ3n) is 5.78. The molecule has 280 valence electrons. The molecule has 0 aliphatic carbocycles. The van der Waals surface area contributed by atoms with Gasteiger partial charge in [0.2, 0.25) is 0 Å². The highest BCUT2D eigenvalue weighted by atomic mass is 35.5. The molecule has 0 bridgehead atoms. The lowest BCUT2D eigenvalue weighted by Gasteiger charge is -2.19. The molecule has 0 aliphatic heterocycles. The normalized spacial score (nSPS) is 11.7. The van der Waals surface area contributed by atoms with Gasteiger partial charge in [0, 0.05) is 17.3 Å². The minimum atomic E-state index is -0.513. The summed E-state index contributed by atoms with van der Waals surface area (Å²) < 4.78 is 59.9. The summed E-state index contributed by atoms with van der Waals surface area (Å²) in [4.78, 5) is 11.5. The number of amides is 1. The quantitative estimate of drug-likeness (QED) is 0.0811. The lowest BCUT2D eigenvalue weighted by molar-refractivity contribution is -0.0263. The molecule has 3 N–H and O–H groups in total. The van der Waals surface area contributed by atoms with Crippen LogP contribution in [0.1, 0.15) is 26.3 Å². The Morgan fingerprint density at radius 2 is 0.896 bits per heavy atom. The molecule has 48 heavy (non-hydrogen) atoms. The van der Waals surface area contributed by atoms with Crippen LogP contribution in [0.4, 0.5) is 10.5 Å². The number of halogens is 1. The summed E-state index contributed by atoms with van der Waals surface area (Å²) in [6.07, 6.45) is 0.296. The third kappa shape index (κ3) is 31.4. The van der Waals surface area contributed by atoms with Gasteiger partial charge in [-0.1, -0.05) is 11.6 Å². The molecule has 0 saturated carbocycles. The van der Waals surface area contributed by atoms with Crippen LogP contribution in [0.5, 0.6) is 0 Å². The number of hydrogen-bond donors (Lipinski definition) is 2. The third-order valence-corrected chi connectivity index (χ3v) is 6.00. The van der Waals surface area contributed by atoms with Crippen molar-refractivity contribution in [2.45, 2.75) is 32.8 Å². The van der Waals surface area contributed by atoms with Crippen LogP contribution in [-0.2, 0) is 58.5 Å². The molecule has 0 spiro atoms. The molecule has 0 fully saturated rings. The minimum absolute atomic E-state index is 0.381. The minimum Gasteiger partial charge on any atom is -0.444 e. The fourth-order valence-electron chi connectivity index (χ4n) is 3.63. The largest absolute Gasteiger partial charge is 0.444 e. The SMILES string of the molecule is CC(C)(C)OC(=O)NCCOCCOCCOCCOCCOCCOCCOCCOCCOCCOCCc1cc(N)cc(Cl)c1. The number of alkyl carbamates (subject to hydrolysis) is 1. The monoisotopic (exact) mass is 710 g/mol. The Balaban J connectivity index is 1.66. The van der Waals surface area contributed by atoms with Crippen LogP contribution in [0, 0.1) is 0 Å². The molecule has 1 rings (SSSR count). The van der Waals surface area contributed by atoms with Crippen molar-refractivity contribution in [1.82, 2.24) is 5.32 Å². The van der Waals surface area contributed by atoms with E-state index in [0.29, 0.717) is 149 Å². The number of carbonyl (C=O) groups is 1. The van der Waals surface area contributed by atoms with Gasteiger partial charge in [-0.3, -0.25) is 0 Å². The van der Waals surface area contributed by atoms with Crippen molar-refractivity contribution in [3.05, 3.63) is 28.8 Å². The summed E-state index contributed by atoms with van der Waals surface area (Å²) in [5.41, 5.74) is 6.98. The molecular formula is C33H59ClN2O12. The zero-order valence-corrected chi connectivity index (χ0v) is 29.9. The van der Waals surface area contributed by atoms with Crippen molar-refractivity contribution in [1.29, 1.82) is 0 Å². The fourth-order valence-corrected chi connectivity index (χ4v) is 3.90. The molecule has 1 amide bonds. The van der Waals surface area contributed by atoms with Gasteiger partial charge in [-0.15, -0.1) is 0 Å².